The first-order valence-electron chi connectivity index (χ1n) is 11.3. The van der Waals surface area contributed by atoms with Crippen molar-refractivity contribution in [1.29, 1.82) is 0 Å². The van der Waals surface area contributed by atoms with Crippen LogP contribution in [0, 0.1) is 0 Å². The molecule has 1 aliphatic rings. The molecule has 4 heterocycles. The van der Waals surface area contributed by atoms with Crippen molar-refractivity contribution in [3.8, 4) is 11.3 Å². The summed E-state index contributed by atoms with van der Waals surface area (Å²) in [5.41, 5.74) is 2.74. The summed E-state index contributed by atoms with van der Waals surface area (Å²) in [6.45, 7) is 1.40. The lowest BCUT2D eigenvalue weighted by Crippen LogP contribution is -2.44. The minimum atomic E-state index is -3.56. The smallest absolute Gasteiger partial charge is 0.250 e. The quantitative estimate of drug-likeness (QED) is 0.320. The van der Waals surface area contributed by atoms with Crippen molar-refractivity contribution in [2.75, 3.05) is 18.0 Å². The van der Waals surface area contributed by atoms with Crippen LogP contribution in [0.15, 0.2) is 71.2 Å². The summed E-state index contributed by atoms with van der Waals surface area (Å²) >= 11 is 7.33. The number of piperidine rings is 1. The first kappa shape index (κ1) is 22.5. The summed E-state index contributed by atoms with van der Waals surface area (Å²) in [6.07, 6.45) is 2.96. The van der Waals surface area contributed by atoms with Gasteiger partial charge in [0.1, 0.15) is 22.0 Å². The highest BCUT2D eigenvalue weighted by Gasteiger charge is 2.27. The fourth-order valence-corrected chi connectivity index (χ4v) is 7.39. The SMILES string of the molecule is O=S(=O)(NC1CCN(c2ncnc3[nH]c(-c4ccc(Cl)cc4)cc23)CC1)c1cc2ccccc2s1. The van der Waals surface area contributed by atoms with Crippen LogP contribution >= 0.6 is 22.9 Å². The molecule has 0 radical (unpaired) electrons. The number of hydrogen-bond acceptors (Lipinski definition) is 6. The minimum Gasteiger partial charge on any atom is -0.356 e. The Kier molecular flexibility index (Phi) is 5.72. The van der Waals surface area contributed by atoms with E-state index in [0.717, 1.165) is 38.2 Å². The molecule has 0 aliphatic carbocycles. The van der Waals surface area contributed by atoms with Crippen molar-refractivity contribution in [2.24, 2.45) is 0 Å². The van der Waals surface area contributed by atoms with Gasteiger partial charge >= 0.3 is 0 Å². The molecule has 1 fully saturated rings. The van der Waals surface area contributed by atoms with E-state index in [1.165, 1.54) is 11.3 Å². The molecule has 2 aromatic carbocycles. The van der Waals surface area contributed by atoms with Crippen LogP contribution in [0.3, 0.4) is 0 Å². The first-order chi connectivity index (χ1) is 17.0. The molecule has 0 atom stereocenters. The molecule has 1 aliphatic heterocycles. The Morgan fingerprint density at radius 2 is 1.80 bits per heavy atom. The molecule has 0 saturated carbocycles. The summed E-state index contributed by atoms with van der Waals surface area (Å²) in [5.74, 6) is 0.859. The number of aromatic amines is 1. The second-order valence-corrected chi connectivity index (χ2v) is 12.1. The zero-order valence-electron chi connectivity index (χ0n) is 18.6. The van der Waals surface area contributed by atoms with Crippen LogP contribution in [0.4, 0.5) is 5.82 Å². The third-order valence-corrected chi connectivity index (χ3v) is 9.71. The van der Waals surface area contributed by atoms with Crippen molar-refractivity contribution in [3.63, 3.8) is 0 Å². The molecule has 0 amide bonds. The number of fused-ring (bicyclic) bond motifs is 2. The Bertz CT molecular complexity index is 1590. The molecule has 1 saturated heterocycles. The molecule has 2 N–H and O–H groups in total. The molecule has 178 valence electrons. The Morgan fingerprint density at radius 3 is 2.57 bits per heavy atom. The van der Waals surface area contributed by atoms with E-state index in [1.54, 1.807) is 12.4 Å². The number of nitrogens with one attached hydrogen (secondary N) is 2. The summed E-state index contributed by atoms with van der Waals surface area (Å²) in [6, 6.07) is 19.1. The predicted octanol–water partition coefficient (Wildman–Crippen LogP) is 5.44. The first-order valence-corrected chi connectivity index (χ1v) is 14.0. The third kappa shape index (κ3) is 4.40. The van der Waals surface area contributed by atoms with Gasteiger partial charge in [-0.1, -0.05) is 41.9 Å². The van der Waals surface area contributed by atoms with E-state index in [0.29, 0.717) is 35.2 Å². The van der Waals surface area contributed by atoms with Crippen LogP contribution in [0.25, 0.3) is 32.4 Å². The van der Waals surface area contributed by atoms with Gasteiger partial charge < -0.3 is 9.88 Å². The van der Waals surface area contributed by atoms with Crippen LogP contribution in [-0.4, -0.2) is 42.5 Å². The minimum absolute atomic E-state index is 0.116. The van der Waals surface area contributed by atoms with E-state index in [-0.39, 0.29) is 6.04 Å². The van der Waals surface area contributed by atoms with Gasteiger partial charge in [-0.05, 0) is 54.1 Å². The topological polar surface area (TPSA) is 91.0 Å². The van der Waals surface area contributed by atoms with Crippen molar-refractivity contribution in [2.45, 2.75) is 23.1 Å². The number of halogens is 1. The lowest BCUT2D eigenvalue weighted by Gasteiger charge is -2.33. The second kappa shape index (κ2) is 8.91. The van der Waals surface area contributed by atoms with Crippen molar-refractivity contribution >= 4 is 59.9 Å². The molecule has 3 aromatic heterocycles. The lowest BCUT2D eigenvalue weighted by atomic mass is 10.1. The number of aromatic nitrogens is 3. The van der Waals surface area contributed by atoms with E-state index in [9.17, 15) is 8.42 Å². The average Bonchev–Trinajstić information content (AvgIpc) is 3.50. The number of nitrogens with zero attached hydrogens (tertiary/aromatic N) is 3. The normalized spacial score (nSPS) is 15.3. The van der Waals surface area contributed by atoms with E-state index in [2.05, 4.69) is 30.6 Å². The molecule has 35 heavy (non-hydrogen) atoms. The van der Waals surface area contributed by atoms with Crippen LogP contribution in [-0.2, 0) is 10.0 Å². The molecular formula is C25H22ClN5O2S2. The van der Waals surface area contributed by atoms with Crippen molar-refractivity contribution < 1.29 is 8.42 Å². The van der Waals surface area contributed by atoms with Crippen LogP contribution in [0.2, 0.25) is 5.02 Å². The highest BCUT2D eigenvalue weighted by Crippen LogP contribution is 2.32. The van der Waals surface area contributed by atoms with E-state index in [1.807, 2.05) is 48.5 Å². The molecule has 0 unspecified atom stereocenters. The fraction of sp³-hybridized carbons (Fsp3) is 0.200. The second-order valence-electron chi connectivity index (χ2n) is 8.64. The Morgan fingerprint density at radius 1 is 1.03 bits per heavy atom. The number of anilines is 1. The number of sulfonamides is 1. The van der Waals surface area contributed by atoms with Gasteiger partial charge in [0.25, 0.3) is 0 Å². The van der Waals surface area contributed by atoms with Gasteiger partial charge in [-0.25, -0.2) is 23.1 Å². The molecule has 7 nitrogen and oxygen atoms in total. The van der Waals surface area contributed by atoms with Gasteiger partial charge in [-0.2, -0.15) is 0 Å². The molecule has 0 bridgehead atoms. The van der Waals surface area contributed by atoms with Gasteiger partial charge in [-0.15, -0.1) is 11.3 Å². The molecule has 6 rings (SSSR count). The van der Waals surface area contributed by atoms with Gasteiger partial charge in [0.05, 0.1) is 5.39 Å². The standard InChI is InChI=1S/C25H22ClN5O2S2/c26-18-7-5-16(6-8-18)21-14-20-24(29-21)27-15-28-25(20)31-11-9-19(10-12-31)30-35(32,33)23-13-17-3-1-2-4-22(17)34-23/h1-8,13-15,19,30H,9-12H2,(H,27,28,29). The predicted molar refractivity (Wildman–Crippen MR) is 142 cm³/mol. The van der Waals surface area contributed by atoms with Gasteiger partial charge in [0, 0.05) is 34.5 Å². The summed E-state index contributed by atoms with van der Waals surface area (Å²) in [5, 5.41) is 2.59. The maximum Gasteiger partial charge on any atom is 0.250 e. The molecular weight excluding hydrogens is 502 g/mol. The maximum atomic E-state index is 13.0. The number of thiophene rings is 1. The van der Waals surface area contributed by atoms with Crippen LogP contribution in [0.1, 0.15) is 12.8 Å². The van der Waals surface area contributed by atoms with Crippen LogP contribution in [0.5, 0.6) is 0 Å². The van der Waals surface area contributed by atoms with Crippen molar-refractivity contribution in [1.82, 2.24) is 19.7 Å². The van der Waals surface area contributed by atoms with E-state index < -0.39 is 10.0 Å². The summed E-state index contributed by atoms with van der Waals surface area (Å²) in [4.78, 5) is 14.5. The maximum absolute atomic E-state index is 13.0. The summed E-state index contributed by atoms with van der Waals surface area (Å²) in [7, 11) is -3.56. The Labute approximate surface area is 211 Å². The van der Waals surface area contributed by atoms with Crippen LogP contribution < -0.4 is 9.62 Å². The van der Waals surface area contributed by atoms with Gasteiger partial charge in [-0.3, -0.25) is 0 Å². The Balaban J connectivity index is 1.18. The summed E-state index contributed by atoms with van der Waals surface area (Å²) < 4.78 is 30.3. The number of H-pyrrole nitrogens is 1. The molecule has 0 spiro atoms. The lowest BCUT2D eigenvalue weighted by molar-refractivity contribution is 0.459. The zero-order chi connectivity index (χ0) is 24.0. The zero-order valence-corrected chi connectivity index (χ0v) is 21.0. The monoisotopic (exact) mass is 523 g/mol. The highest BCUT2D eigenvalue weighted by atomic mass is 35.5. The Hall–Kier alpha value is -2.98. The number of benzene rings is 2. The van der Waals surface area contributed by atoms with E-state index >= 15 is 0 Å². The van der Waals surface area contributed by atoms with Gasteiger partial charge in [0.15, 0.2) is 0 Å². The molecule has 5 aromatic rings. The number of hydrogen-bond donors (Lipinski definition) is 2. The largest absolute Gasteiger partial charge is 0.356 e. The van der Waals surface area contributed by atoms with Crippen molar-refractivity contribution in [3.05, 3.63) is 72.0 Å². The van der Waals surface area contributed by atoms with Gasteiger partial charge in [0.2, 0.25) is 10.0 Å². The number of rotatable bonds is 5. The molecule has 10 heteroatoms. The fourth-order valence-electron chi connectivity index (χ4n) is 4.54. The highest BCUT2D eigenvalue weighted by molar-refractivity contribution is 7.91. The van der Waals surface area contributed by atoms with E-state index in [4.69, 9.17) is 11.6 Å². The average molecular weight is 524 g/mol. The third-order valence-electron chi connectivity index (χ3n) is 6.34.